The molecule has 2 aromatic rings. The Kier molecular flexibility index (Phi) is 4.84. The van der Waals surface area contributed by atoms with Gasteiger partial charge in [-0.25, -0.2) is 9.18 Å². The summed E-state index contributed by atoms with van der Waals surface area (Å²) in [5.74, 6) is -1.66. The summed E-state index contributed by atoms with van der Waals surface area (Å²) in [5, 5.41) is 9.40. The number of aromatic nitrogens is 1. The van der Waals surface area contributed by atoms with Gasteiger partial charge in [-0.3, -0.25) is 9.20 Å². The van der Waals surface area contributed by atoms with Crippen molar-refractivity contribution in [2.75, 3.05) is 18.2 Å². The molecular weight excluding hydrogens is 365 g/mol. The lowest BCUT2D eigenvalue weighted by Gasteiger charge is -2.38. The summed E-state index contributed by atoms with van der Waals surface area (Å²) in [5.41, 5.74) is 6.95. The summed E-state index contributed by atoms with van der Waals surface area (Å²) in [6.07, 6.45) is 5.31. The van der Waals surface area contributed by atoms with Gasteiger partial charge in [0, 0.05) is 6.54 Å². The summed E-state index contributed by atoms with van der Waals surface area (Å²) in [6.45, 7) is 2.46. The molecule has 0 bridgehead atoms. The van der Waals surface area contributed by atoms with Gasteiger partial charge in [0.15, 0.2) is 5.82 Å². The number of pyridine rings is 2. The second-order valence-electron chi connectivity index (χ2n) is 7.54. The number of ether oxygens (including phenoxy) is 1. The number of hydrogen-bond acceptors (Lipinski definition) is 5. The molecule has 1 aliphatic heterocycles. The van der Waals surface area contributed by atoms with Crippen molar-refractivity contribution in [1.82, 2.24) is 4.40 Å². The minimum Gasteiger partial charge on any atom is -0.477 e. The molecule has 0 amide bonds. The lowest BCUT2D eigenvalue weighted by Crippen LogP contribution is -2.43. The average molecular weight is 389 g/mol. The first-order valence-corrected chi connectivity index (χ1v) is 9.64. The van der Waals surface area contributed by atoms with E-state index in [-0.39, 0.29) is 24.4 Å². The van der Waals surface area contributed by atoms with Crippen LogP contribution in [0.5, 0.6) is 0 Å². The Balaban J connectivity index is 1.97. The van der Waals surface area contributed by atoms with Gasteiger partial charge in [0.1, 0.15) is 11.8 Å². The van der Waals surface area contributed by atoms with Crippen molar-refractivity contribution in [2.24, 2.45) is 5.73 Å². The minimum absolute atomic E-state index is 0.0458. The highest BCUT2D eigenvalue weighted by atomic mass is 19.1. The van der Waals surface area contributed by atoms with Crippen LogP contribution in [0.4, 0.5) is 10.1 Å². The highest BCUT2D eigenvalue weighted by Crippen LogP contribution is 2.44. The number of aryl methyl sites for hydroxylation is 1. The molecule has 2 aromatic heterocycles. The van der Waals surface area contributed by atoms with Crippen LogP contribution in [0.2, 0.25) is 0 Å². The number of fused-ring (bicyclic) bond motifs is 1. The predicted octanol–water partition coefficient (Wildman–Crippen LogP) is 2.57. The Morgan fingerprint density at radius 3 is 2.75 bits per heavy atom. The fourth-order valence-corrected chi connectivity index (χ4v) is 4.29. The van der Waals surface area contributed by atoms with Crippen LogP contribution in [0.15, 0.2) is 17.1 Å². The van der Waals surface area contributed by atoms with Crippen LogP contribution in [0, 0.1) is 12.7 Å². The van der Waals surface area contributed by atoms with Gasteiger partial charge in [-0.05, 0) is 62.1 Å². The molecule has 0 aromatic carbocycles. The maximum Gasteiger partial charge on any atom is 0.341 e. The van der Waals surface area contributed by atoms with Crippen molar-refractivity contribution in [1.29, 1.82) is 0 Å². The van der Waals surface area contributed by atoms with E-state index in [1.165, 1.54) is 6.07 Å². The molecule has 3 heterocycles. The maximum atomic E-state index is 15.2. The monoisotopic (exact) mass is 389 g/mol. The molecule has 150 valence electrons. The van der Waals surface area contributed by atoms with Gasteiger partial charge in [0.2, 0.25) is 0 Å². The van der Waals surface area contributed by atoms with E-state index in [0.717, 1.165) is 48.3 Å². The molecule has 4 rings (SSSR count). The Hall–Kier alpha value is -2.45. The van der Waals surface area contributed by atoms with E-state index >= 15 is 4.39 Å². The first-order chi connectivity index (χ1) is 13.4. The number of carboxylic acids is 1. The van der Waals surface area contributed by atoms with Crippen molar-refractivity contribution in [3.8, 4) is 0 Å². The zero-order valence-electron chi connectivity index (χ0n) is 15.8. The molecule has 7 nitrogen and oxygen atoms in total. The van der Waals surface area contributed by atoms with Gasteiger partial charge in [0.05, 0.1) is 24.1 Å². The van der Waals surface area contributed by atoms with Crippen LogP contribution in [0.3, 0.4) is 0 Å². The molecule has 1 unspecified atom stereocenters. The van der Waals surface area contributed by atoms with E-state index in [0.29, 0.717) is 23.3 Å². The van der Waals surface area contributed by atoms with Gasteiger partial charge in [-0.15, -0.1) is 0 Å². The lowest BCUT2D eigenvalue weighted by molar-refractivity contribution is 0.0383. The zero-order valence-corrected chi connectivity index (χ0v) is 15.8. The molecule has 2 fully saturated rings. The Morgan fingerprint density at radius 2 is 2.11 bits per heavy atom. The second-order valence-corrected chi connectivity index (χ2v) is 7.54. The van der Waals surface area contributed by atoms with Crippen molar-refractivity contribution < 1.29 is 19.0 Å². The topological polar surface area (TPSA) is 97.3 Å². The molecular formula is C20H24FN3O4. The quantitative estimate of drug-likeness (QED) is 0.763. The van der Waals surface area contributed by atoms with Crippen LogP contribution in [0.1, 0.15) is 59.5 Å². The van der Waals surface area contributed by atoms with Crippen molar-refractivity contribution >= 4 is 17.2 Å². The average Bonchev–Trinajstić information content (AvgIpc) is 3.49. The van der Waals surface area contributed by atoms with Crippen molar-refractivity contribution in [3.63, 3.8) is 0 Å². The van der Waals surface area contributed by atoms with Crippen LogP contribution < -0.4 is 16.2 Å². The molecule has 3 N–H and O–H groups in total. The molecule has 1 saturated heterocycles. The van der Waals surface area contributed by atoms with E-state index in [4.69, 9.17) is 10.5 Å². The number of rotatable bonds is 5. The predicted molar refractivity (Wildman–Crippen MR) is 102 cm³/mol. The SMILES string of the molecule is Cc1c(N2CCCCC2OCN)c(F)cn2c(=O)c(C(=O)O)cc(C3CC3)c12. The normalized spacial score (nSPS) is 20.0. The third-order valence-electron chi connectivity index (χ3n) is 5.71. The van der Waals surface area contributed by atoms with Crippen LogP contribution >= 0.6 is 0 Å². The van der Waals surface area contributed by atoms with E-state index in [2.05, 4.69) is 0 Å². The number of nitrogens with two attached hydrogens (primary N) is 1. The van der Waals surface area contributed by atoms with Crippen molar-refractivity contribution in [2.45, 2.75) is 51.2 Å². The van der Waals surface area contributed by atoms with E-state index in [1.807, 2.05) is 4.90 Å². The van der Waals surface area contributed by atoms with Gasteiger partial charge in [-0.2, -0.15) is 0 Å². The number of anilines is 1. The van der Waals surface area contributed by atoms with E-state index in [9.17, 15) is 14.7 Å². The number of aromatic carboxylic acids is 1. The highest BCUT2D eigenvalue weighted by molar-refractivity contribution is 5.89. The minimum atomic E-state index is -1.30. The van der Waals surface area contributed by atoms with Crippen molar-refractivity contribution in [3.05, 3.63) is 45.1 Å². The zero-order chi connectivity index (χ0) is 20.0. The summed E-state index contributed by atoms with van der Waals surface area (Å²) in [7, 11) is 0. The van der Waals surface area contributed by atoms with Crippen LogP contribution in [0.25, 0.3) is 5.52 Å². The Morgan fingerprint density at radius 1 is 1.36 bits per heavy atom. The summed E-state index contributed by atoms with van der Waals surface area (Å²) < 4.78 is 22.0. The van der Waals surface area contributed by atoms with Crippen LogP contribution in [-0.4, -0.2) is 35.0 Å². The van der Waals surface area contributed by atoms with E-state index < -0.39 is 17.3 Å². The summed E-state index contributed by atoms with van der Waals surface area (Å²) in [4.78, 5) is 26.1. The number of carboxylic acid groups (broad SMARTS) is 1. The fraction of sp³-hybridized carbons (Fsp3) is 0.500. The van der Waals surface area contributed by atoms with Crippen LogP contribution in [-0.2, 0) is 4.74 Å². The smallest absolute Gasteiger partial charge is 0.341 e. The Bertz CT molecular complexity index is 997. The number of carbonyl (C=O) groups is 1. The number of hydrogen-bond donors (Lipinski definition) is 2. The molecule has 1 saturated carbocycles. The first kappa shape index (κ1) is 18.9. The third kappa shape index (κ3) is 3.06. The Labute approximate surface area is 161 Å². The summed E-state index contributed by atoms with van der Waals surface area (Å²) >= 11 is 0. The molecule has 28 heavy (non-hydrogen) atoms. The summed E-state index contributed by atoms with van der Waals surface area (Å²) in [6, 6.07) is 1.47. The van der Waals surface area contributed by atoms with Gasteiger partial charge < -0.3 is 20.5 Å². The molecule has 0 radical (unpaired) electrons. The molecule has 8 heteroatoms. The van der Waals surface area contributed by atoms with Gasteiger partial charge in [-0.1, -0.05) is 0 Å². The largest absolute Gasteiger partial charge is 0.477 e. The first-order valence-electron chi connectivity index (χ1n) is 9.64. The molecule has 2 aliphatic rings. The fourth-order valence-electron chi connectivity index (χ4n) is 4.29. The molecule has 1 atom stereocenters. The number of piperidine rings is 1. The molecule has 1 aliphatic carbocycles. The maximum absolute atomic E-state index is 15.2. The number of nitrogens with zero attached hydrogens (tertiary/aromatic N) is 2. The number of halogens is 1. The lowest BCUT2D eigenvalue weighted by atomic mass is 10.0. The second kappa shape index (κ2) is 7.18. The standard InChI is InChI=1S/C20H24FN3O4/c1-11-17-13(12-5-6-12)8-14(20(26)27)19(25)24(17)9-15(21)18(11)23-7-3-2-4-16(23)28-10-22/h8-9,12,16H,2-7,10,22H2,1H3,(H,26,27). The third-order valence-corrected chi connectivity index (χ3v) is 5.71. The van der Waals surface area contributed by atoms with Gasteiger partial charge in [0.25, 0.3) is 5.56 Å². The van der Waals surface area contributed by atoms with E-state index in [1.54, 1.807) is 6.92 Å². The van der Waals surface area contributed by atoms with Gasteiger partial charge >= 0.3 is 5.97 Å². The molecule has 0 spiro atoms. The highest BCUT2D eigenvalue weighted by Gasteiger charge is 2.32.